The number of halogens is 2. The maximum atomic E-state index is 13.8. The lowest BCUT2D eigenvalue weighted by molar-refractivity contribution is 0.0710. The van der Waals surface area contributed by atoms with Gasteiger partial charge in [-0.1, -0.05) is 0 Å². The quantitative estimate of drug-likeness (QED) is 0.851. The number of likely N-dealkylation sites (tertiary alicyclic amines) is 1. The van der Waals surface area contributed by atoms with Crippen molar-refractivity contribution in [3.63, 3.8) is 0 Å². The first-order valence-electron chi connectivity index (χ1n) is 9.23. The monoisotopic (exact) mass is 393 g/mol. The van der Waals surface area contributed by atoms with E-state index in [0.29, 0.717) is 35.7 Å². The molecule has 1 N–H and O–H groups in total. The summed E-state index contributed by atoms with van der Waals surface area (Å²) in [5.41, 5.74) is 1.62. The van der Waals surface area contributed by atoms with Gasteiger partial charge in [-0.05, 0) is 49.9 Å². The Balaban J connectivity index is 0.00000210. The van der Waals surface area contributed by atoms with Crippen LogP contribution in [0, 0.1) is 19.7 Å². The fourth-order valence-corrected chi connectivity index (χ4v) is 4.01. The molecule has 6 nitrogen and oxygen atoms in total. The largest absolute Gasteiger partial charge is 0.339 e. The molecule has 0 saturated carbocycles. The van der Waals surface area contributed by atoms with Crippen molar-refractivity contribution >= 4 is 18.3 Å². The van der Waals surface area contributed by atoms with E-state index in [1.807, 2.05) is 4.90 Å². The van der Waals surface area contributed by atoms with Gasteiger partial charge in [-0.3, -0.25) is 4.79 Å². The number of benzene rings is 1. The number of aromatic nitrogens is 3. The topological polar surface area (TPSA) is 63.1 Å². The molecule has 1 aromatic heterocycles. The van der Waals surface area contributed by atoms with Crippen molar-refractivity contribution in [2.45, 2.75) is 45.7 Å². The van der Waals surface area contributed by atoms with Crippen molar-refractivity contribution in [1.29, 1.82) is 0 Å². The van der Waals surface area contributed by atoms with Gasteiger partial charge in [0.2, 0.25) is 0 Å². The summed E-state index contributed by atoms with van der Waals surface area (Å²) in [4.78, 5) is 14.7. The smallest absolute Gasteiger partial charge is 0.253 e. The predicted molar refractivity (Wildman–Crippen MR) is 103 cm³/mol. The van der Waals surface area contributed by atoms with Crippen molar-refractivity contribution in [1.82, 2.24) is 25.0 Å². The molecule has 1 amide bonds. The Hall–Kier alpha value is -1.99. The molecule has 1 saturated heterocycles. The number of aryl methyl sites for hydroxylation is 2. The summed E-state index contributed by atoms with van der Waals surface area (Å²) in [6.07, 6.45) is 1.77. The van der Waals surface area contributed by atoms with E-state index >= 15 is 0 Å². The van der Waals surface area contributed by atoms with E-state index in [0.717, 1.165) is 44.1 Å². The number of hydrogen-bond donors (Lipinski definition) is 1. The van der Waals surface area contributed by atoms with Crippen LogP contribution in [0.3, 0.4) is 0 Å². The summed E-state index contributed by atoms with van der Waals surface area (Å²) < 4.78 is 16.0. The normalized spacial score (nSPS) is 17.4. The Morgan fingerprint density at radius 3 is 2.48 bits per heavy atom. The molecule has 3 heterocycles. The van der Waals surface area contributed by atoms with Gasteiger partial charge in [0.25, 0.3) is 5.91 Å². The van der Waals surface area contributed by atoms with Crippen LogP contribution in [0.15, 0.2) is 12.1 Å². The third-order valence-corrected chi connectivity index (χ3v) is 5.48. The molecule has 2 aliphatic rings. The molecule has 2 aromatic rings. The van der Waals surface area contributed by atoms with Crippen LogP contribution in [-0.4, -0.2) is 45.2 Å². The molecule has 0 spiro atoms. The maximum absolute atomic E-state index is 13.8. The molecule has 1 aromatic carbocycles. The minimum absolute atomic E-state index is 0. The van der Waals surface area contributed by atoms with E-state index in [4.69, 9.17) is 0 Å². The van der Waals surface area contributed by atoms with Gasteiger partial charge in [-0.2, -0.15) is 0 Å². The molecule has 0 atom stereocenters. The fraction of sp³-hybridized carbons (Fsp3) is 0.526. The van der Waals surface area contributed by atoms with Crippen LogP contribution in [0.1, 0.15) is 51.9 Å². The molecular weight excluding hydrogens is 369 g/mol. The van der Waals surface area contributed by atoms with Gasteiger partial charge >= 0.3 is 0 Å². The number of fused-ring (bicyclic) bond motifs is 1. The minimum atomic E-state index is -0.230. The average molecular weight is 394 g/mol. The highest BCUT2D eigenvalue weighted by molar-refractivity contribution is 5.94. The first-order chi connectivity index (χ1) is 12.5. The van der Waals surface area contributed by atoms with E-state index in [1.165, 1.54) is 0 Å². The standard InChI is InChI=1S/C19H24FN5O.ClH/c1-12-9-15(10-13(2)17(12)20)19(26)24-6-3-14(4-7-24)18-23-22-16-11-21-5-8-25(16)18;/h9-10,14,21H,3-8,11H2,1-2H3;1H. The average Bonchev–Trinajstić information content (AvgIpc) is 3.09. The Bertz CT molecular complexity index is 822. The molecule has 0 bridgehead atoms. The Morgan fingerprint density at radius 2 is 1.81 bits per heavy atom. The lowest BCUT2D eigenvalue weighted by Crippen LogP contribution is -2.39. The van der Waals surface area contributed by atoms with Crippen LogP contribution >= 0.6 is 12.4 Å². The molecule has 0 radical (unpaired) electrons. The zero-order valence-corrected chi connectivity index (χ0v) is 16.5. The van der Waals surface area contributed by atoms with E-state index in [9.17, 15) is 9.18 Å². The van der Waals surface area contributed by atoms with Crippen molar-refractivity contribution in [3.8, 4) is 0 Å². The summed E-state index contributed by atoms with van der Waals surface area (Å²) in [6.45, 7) is 7.42. The third-order valence-electron chi connectivity index (χ3n) is 5.48. The van der Waals surface area contributed by atoms with Gasteiger partial charge in [-0.25, -0.2) is 4.39 Å². The Morgan fingerprint density at radius 1 is 1.15 bits per heavy atom. The highest BCUT2D eigenvalue weighted by Gasteiger charge is 2.29. The Labute approximate surface area is 164 Å². The molecule has 0 aliphatic carbocycles. The molecular formula is C19H25ClFN5O. The second-order valence-corrected chi connectivity index (χ2v) is 7.29. The molecule has 2 aliphatic heterocycles. The lowest BCUT2D eigenvalue weighted by atomic mass is 9.95. The van der Waals surface area contributed by atoms with Gasteiger partial charge in [0, 0.05) is 37.7 Å². The van der Waals surface area contributed by atoms with Gasteiger partial charge in [-0.15, -0.1) is 22.6 Å². The van der Waals surface area contributed by atoms with Crippen molar-refractivity contribution < 1.29 is 9.18 Å². The van der Waals surface area contributed by atoms with Crippen molar-refractivity contribution in [3.05, 3.63) is 46.3 Å². The zero-order valence-electron chi connectivity index (χ0n) is 15.7. The summed E-state index contributed by atoms with van der Waals surface area (Å²) in [7, 11) is 0. The number of piperidine rings is 1. The van der Waals surface area contributed by atoms with Crippen molar-refractivity contribution in [2.75, 3.05) is 19.6 Å². The molecule has 146 valence electrons. The summed E-state index contributed by atoms with van der Waals surface area (Å²) in [5, 5.41) is 12.0. The first kappa shape index (κ1) is 19.8. The lowest BCUT2D eigenvalue weighted by Gasteiger charge is -2.32. The van der Waals surface area contributed by atoms with Crippen LogP contribution in [0.5, 0.6) is 0 Å². The Kier molecular flexibility index (Phi) is 5.81. The van der Waals surface area contributed by atoms with E-state index in [1.54, 1.807) is 26.0 Å². The zero-order chi connectivity index (χ0) is 18.3. The molecule has 27 heavy (non-hydrogen) atoms. The highest BCUT2D eigenvalue weighted by atomic mass is 35.5. The predicted octanol–water partition coefficient (Wildman–Crippen LogP) is 2.58. The molecule has 0 unspecified atom stereocenters. The van der Waals surface area contributed by atoms with Gasteiger partial charge in [0.05, 0.1) is 6.54 Å². The number of carbonyl (C=O) groups is 1. The number of carbonyl (C=O) groups excluding carboxylic acids is 1. The van der Waals surface area contributed by atoms with Crippen LogP contribution in [0.4, 0.5) is 4.39 Å². The van der Waals surface area contributed by atoms with Crippen molar-refractivity contribution in [2.24, 2.45) is 0 Å². The highest BCUT2D eigenvalue weighted by Crippen LogP contribution is 2.29. The number of nitrogens with zero attached hydrogens (tertiary/aromatic N) is 4. The molecule has 1 fully saturated rings. The van der Waals surface area contributed by atoms with Crippen LogP contribution in [0.2, 0.25) is 0 Å². The summed E-state index contributed by atoms with van der Waals surface area (Å²) in [5.74, 6) is 2.16. The van der Waals surface area contributed by atoms with Gasteiger partial charge < -0.3 is 14.8 Å². The second kappa shape index (κ2) is 7.94. The van der Waals surface area contributed by atoms with Crippen LogP contribution in [0.25, 0.3) is 0 Å². The third kappa shape index (κ3) is 3.71. The van der Waals surface area contributed by atoms with Gasteiger partial charge in [0.1, 0.15) is 17.5 Å². The number of rotatable bonds is 2. The first-order valence-corrected chi connectivity index (χ1v) is 9.23. The van der Waals surface area contributed by atoms with E-state index < -0.39 is 0 Å². The summed E-state index contributed by atoms with van der Waals surface area (Å²) in [6, 6.07) is 3.30. The van der Waals surface area contributed by atoms with E-state index in [2.05, 4.69) is 20.1 Å². The maximum Gasteiger partial charge on any atom is 0.253 e. The minimum Gasteiger partial charge on any atom is -0.339 e. The summed E-state index contributed by atoms with van der Waals surface area (Å²) >= 11 is 0. The van der Waals surface area contributed by atoms with Crippen LogP contribution < -0.4 is 5.32 Å². The van der Waals surface area contributed by atoms with Gasteiger partial charge in [0.15, 0.2) is 0 Å². The van der Waals surface area contributed by atoms with Crippen LogP contribution in [-0.2, 0) is 13.1 Å². The second-order valence-electron chi connectivity index (χ2n) is 7.29. The number of amides is 1. The van der Waals surface area contributed by atoms with E-state index in [-0.39, 0.29) is 24.1 Å². The molecule has 4 rings (SSSR count). The fourth-order valence-electron chi connectivity index (χ4n) is 4.01. The number of hydrogen-bond acceptors (Lipinski definition) is 4. The number of nitrogens with one attached hydrogen (secondary N) is 1. The SMILES string of the molecule is Cc1cc(C(=O)N2CCC(c3nnc4n3CCNC4)CC2)cc(C)c1F.Cl. The molecule has 8 heteroatoms.